The number of hydrogen-bond donors (Lipinski definition) is 6. The Bertz CT molecular complexity index is 1530. The number of carbonyl (C=O) groups excluding carboxylic acids is 2. The van der Waals surface area contributed by atoms with Crippen molar-refractivity contribution in [3.05, 3.63) is 60.8 Å². The monoisotopic (exact) mass is 1130 g/mol. The lowest BCUT2D eigenvalue weighted by Crippen LogP contribution is -2.61. The van der Waals surface area contributed by atoms with Gasteiger partial charge in [0, 0.05) is 6.42 Å². The third kappa shape index (κ3) is 44.0. The van der Waals surface area contributed by atoms with Crippen molar-refractivity contribution >= 4 is 11.9 Å². The van der Waals surface area contributed by atoms with Crippen LogP contribution < -0.4 is 5.32 Å². The highest BCUT2D eigenvalue weighted by atomic mass is 16.7. The predicted molar refractivity (Wildman–Crippen MR) is 333 cm³/mol. The van der Waals surface area contributed by atoms with E-state index < -0.39 is 67.4 Å². The van der Waals surface area contributed by atoms with E-state index in [0.29, 0.717) is 12.8 Å². The SMILES string of the molecule is CCCCC/C=C\C/C=C\CCCCCCCCCCCCC(O)C(=O)NC(COC1OC(CO)C(O)C(O)C1OC(=O)CCCCCCCCCCC/C=C\C/C=C\CCCCC)C(O)/C=C/CCCCCCCCCCCC. The van der Waals surface area contributed by atoms with Gasteiger partial charge in [-0.15, -0.1) is 0 Å². The molecular formula is C69H125NO10. The molecule has 11 heteroatoms. The Balaban J connectivity index is 2.63. The number of allylic oxidation sites excluding steroid dienone is 9. The molecule has 0 radical (unpaired) electrons. The van der Waals surface area contributed by atoms with Gasteiger partial charge in [0.2, 0.25) is 5.91 Å². The van der Waals surface area contributed by atoms with Gasteiger partial charge in [-0.3, -0.25) is 9.59 Å². The van der Waals surface area contributed by atoms with E-state index in [1.54, 1.807) is 6.08 Å². The summed E-state index contributed by atoms with van der Waals surface area (Å²) in [4.78, 5) is 26.6. The summed E-state index contributed by atoms with van der Waals surface area (Å²) in [5.41, 5.74) is 0. The first kappa shape index (κ1) is 75.4. The van der Waals surface area contributed by atoms with Gasteiger partial charge >= 0.3 is 5.97 Å². The molecule has 1 aliphatic rings. The number of aliphatic hydroxyl groups excluding tert-OH is 5. The standard InChI is InChI=1S/C69H125NO10/c1-4-7-10-13-16-19-22-25-27-29-31-33-34-36-38-41-44-47-50-53-56-62(73)68(77)70-60(61(72)55-52-49-46-43-40-24-21-18-15-12-9-6-3)59-78-69-67(66(76)65(75)63(58-71)79-69)80-64(74)57-54-51-48-45-42-39-37-35-32-30-28-26-23-20-17-14-11-8-5-2/h16-17,19-20,25-28,52,55,60-63,65-67,69,71-73,75-76H,4-15,18,21-24,29-51,53-54,56-59H2,1-3H3,(H,70,77)/b19-16-,20-17-,27-25-,28-26-,55-52+. The Labute approximate surface area is 490 Å². The minimum absolute atomic E-state index is 0.118. The average Bonchev–Trinajstić information content (AvgIpc) is 3.45. The van der Waals surface area contributed by atoms with Crippen molar-refractivity contribution < 1.29 is 49.3 Å². The molecule has 8 unspecified atom stereocenters. The van der Waals surface area contributed by atoms with E-state index in [1.807, 2.05) is 6.08 Å². The van der Waals surface area contributed by atoms with Crippen LogP contribution in [-0.4, -0.2) is 99.6 Å². The van der Waals surface area contributed by atoms with Crippen molar-refractivity contribution in [1.29, 1.82) is 0 Å². The average molecular weight is 1130 g/mol. The first-order valence-corrected chi connectivity index (χ1v) is 33.6. The summed E-state index contributed by atoms with van der Waals surface area (Å²) in [6.45, 7) is 5.76. The fraction of sp³-hybridized carbons (Fsp3) is 0.826. The number of ether oxygens (including phenoxy) is 3. The summed E-state index contributed by atoms with van der Waals surface area (Å²) in [5.74, 6) is -1.19. The summed E-state index contributed by atoms with van der Waals surface area (Å²) >= 11 is 0. The quantitative estimate of drug-likeness (QED) is 0.0195. The molecule has 0 aliphatic carbocycles. The minimum Gasteiger partial charge on any atom is -0.454 e. The molecular weight excluding hydrogens is 1000 g/mol. The molecule has 11 nitrogen and oxygen atoms in total. The number of nitrogens with one attached hydrogen (secondary N) is 1. The zero-order chi connectivity index (χ0) is 58.2. The van der Waals surface area contributed by atoms with E-state index in [0.717, 1.165) is 83.5 Å². The molecule has 1 amide bonds. The van der Waals surface area contributed by atoms with E-state index >= 15 is 0 Å². The van der Waals surface area contributed by atoms with Crippen molar-refractivity contribution in [3.63, 3.8) is 0 Å². The highest BCUT2D eigenvalue weighted by Gasteiger charge is 2.47. The Morgan fingerprint density at radius 1 is 0.487 bits per heavy atom. The summed E-state index contributed by atoms with van der Waals surface area (Å²) in [6, 6.07) is -1.03. The van der Waals surface area contributed by atoms with Crippen molar-refractivity contribution in [2.75, 3.05) is 13.2 Å². The number of aliphatic hydroxyl groups is 5. The normalized spacial score (nSPS) is 19.1. The van der Waals surface area contributed by atoms with Crippen LogP contribution in [0.3, 0.4) is 0 Å². The molecule has 0 aromatic heterocycles. The van der Waals surface area contributed by atoms with Crippen LogP contribution in [0, 0.1) is 0 Å². The summed E-state index contributed by atoms with van der Waals surface area (Å²) in [7, 11) is 0. The lowest BCUT2D eigenvalue weighted by molar-refractivity contribution is -0.305. The van der Waals surface area contributed by atoms with Crippen LogP contribution in [0.15, 0.2) is 60.8 Å². The number of rotatable bonds is 57. The summed E-state index contributed by atoms with van der Waals surface area (Å²) in [5, 5.41) is 57.1. The fourth-order valence-corrected chi connectivity index (χ4v) is 10.3. The van der Waals surface area contributed by atoms with Gasteiger partial charge in [-0.1, -0.05) is 268 Å². The van der Waals surface area contributed by atoms with E-state index in [2.05, 4.69) is 74.7 Å². The molecule has 1 fully saturated rings. The van der Waals surface area contributed by atoms with Gasteiger partial charge in [-0.05, 0) is 89.9 Å². The van der Waals surface area contributed by atoms with Crippen molar-refractivity contribution in [1.82, 2.24) is 5.32 Å². The lowest BCUT2D eigenvalue weighted by Gasteiger charge is -2.41. The molecule has 0 aromatic rings. The van der Waals surface area contributed by atoms with Crippen molar-refractivity contribution in [2.45, 2.75) is 352 Å². The zero-order valence-electron chi connectivity index (χ0n) is 51.7. The Hall–Kier alpha value is -2.64. The van der Waals surface area contributed by atoms with Crippen LogP contribution in [0.2, 0.25) is 0 Å². The van der Waals surface area contributed by atoms with E-state index in [1.165, 1.54) is 173 Å². The Kier molecular flexibility index (Phi) is 53.5. The molecule has 8 atom stereocenters. The van der Waals surface area contributed by atoms with Gasteiger partial charge in [0.05, 0.1) is 25.4 Å². The highest BCUT2D eigenvalue weighted by molar-refractivity contribution is 5.80. The third-order valence-electron chi connectivity index (χ3n) is 15.6. The number of esters is 1. The molecule has 0 saturated carbocycles. The zero-order valence-corrected chi connectivity index (χ0v) is 51.7. The molecule has 1 rings (SSSR count). The second-order valence-corrected chi connectivity index (χ2v) is 23.2. The molecule has 1 heterocycles. The molecule has 0 bridgehead atoms. The molecule has 1 aliphatic heterocycles. The Morgan fingerprint density at radius 2 is 0.863 bits per heavy atom. The summed E-state index contributed by atoms with van der Waals surface area (Å²) in [6.07, 6.45) is 61.1. The molecule has 0 aromatic carbocycles. The molecule has 6 N–H and O–H groups in total. The van der Waals surface area contributed by atoms with Gasteiger partial charge in [0.15, 0.2) is 12.4 Å². The van der Waals surface area contributed by atoms with Gasteiger partial charge in [0.1, 0.15) is 24.4 Å². The molecule has 0 spiro atoms. The second kappa shape index (κ2) is 56.8. The predicted octanol–water partition coefficient (Wildman–Crippen LogP) is 16.6. The second-order valence-electron chi connectivity index (χ2n) is 23.2. The van der Waals surface area contributed by atoms with Crippen molar-refractivity contribution in [2.24, 2.45) is 0 Å². The van der Waals surface area contributed by atoms with Gasteiger partial charge < -0.3 is 45.1 Å². The van der Waals surface area contributed by atoms with Crippen molar-refractivity contribution in [3.8, 4) is 0 Å². The van der Waals surface area contributed by atoms with E-state index in [9.17, 15) is 35.1 Å². The maximum atomic E-state index is 13.5. The van der Waals surface area contributed by atoms with Gasteiger partial charge in [-0.2, -0.15) is 0 Å². The highest BCUT2D eigenvalue weighted by Crippen LogP contribution is 2.26. The number of hydrogen-bond acceptors (Lipinski definition) is 10. The van der Waals surface area contributed by atoms with Gasteiger partial charge in [-0.25, -0.2) is 0 Å². The summed E-state index contributed by atoms with van der Waals surface area (Å²) < 4.78 is 17.7. The maximum Gasteiger partial charge on any atom is 0.306 e. The topological polar surface area (TPSA) is 175 Å². The third-order valence-corrected chi connectivity index (χ3v) is 15.6. The molecule has 1 saturated heterocycles. The number of unbranched alkanes of at least 4 members (excludes halogenated alkanes) is 35. The van der Waals surface area contributed by atoms with Crippen LogP contribution in [0.5, 0.6) is 0 Å². The van der Waals surface area contributed by atoms with Crippen LogP contribution in [0.25, 0.3) is 0 Å². The number of carbonyl (C=O) groups is 2. The lowest BCUT2D eigenvalue weighted by atomic mass is 9.99. The molecule has 80 heavy (non-hydrogen) atoms. The van der Waals surface area contributed by atoms with E-state index in [4.69, 9.17) is 14.2 Å². The minimum atomic E-state index is -1.62. The van der Waals surface area contributed by atoms with E-state index in [-0.39, 0.29) is 19.4 Å². The molecule has 466 valence electrons. The first-order chi connectivity index (χ1) is 39.2. The van der Waals surface area contributed by atoms with Crippen LogP contribution in [-0.2, 0) is 23.8 Å². The van der Waals surface area contributed by atoms with Crippen LogP contribution >= 0.6 is 0 Å². The largest absolute Gasteiger partial charge is 0.454 e. The Morgan fingerprint density at radius 3 is 1.30 bits per heavy atom. The van der Waals surface area contributed by atoms with Crippen LogP contribution in [0.4, 0.5) is 0 Å². The maximum absolute atomic E-state index is 13.5. The smallest absolute Gasteiger partial charge is 0.306 e. The number of amides is 1. The first-order valence-electron chi connectivity index (χ1n) is 33.6. The van der Waals surface area contributed by atoms with Gasteiger partial charge in [0.25, 0.3) is 0 Å². The fourth-order valence-electron chi connectivity index (χ4n) is 10.3. The van der Waals surface area contributed by atoms with Crippen LogP contribution in [0.1, 0.15) is 303 Å².